The quantitative estimate of drug-likeness (QED) is 0.876. The molecule has 0 amide bonds. The molecule has 0 heterocycles. The topological polar surface area (TPSA) is 44.5 Å². The highest BCUT2D eigenvalue weighted by Crippen LogP contribution is 2.21. The zero-order valence-electron chi connectivity index (χ0n) is 11.4. The molecule has 2 aromatic rings. The van der Waals surface area contributed by atoms with E-state index in [2.05, 4.69) is 15.9 Å². The summed E-state index contributed by atoms with van der Waals surface area (Å²) < 4.78 is 12.2. The molecule has 4 heteroatoms. The Morgan fingerprint density at radius 1 is 1.05 bits per heavy atom. The molecule has 0 saturated carbocycles. The molecule has 0 saturated heterocycles. The van der Waals surface area contributed by atoms with Gasteiger partial charge in [0.15, 0.2) is 0 Å². The molecule has 2 rings (SSSR count). The van der Waals surface area contributed by atoms with E-state index >= 15 is 0 Å². The first-order chi connectivity index (χ1) is 9.72. The Kier molecular flexibility index (Phi) is 5.59. The van der Waals surface area contributed by atoms with Crippen LogP contribution in [-0.2, 0) is 24.5 Å². The average molecular weight is 336 g/mol. The third kappa shape index (κ3) is 4.07. The number of methoxy groups -OCH3 is 1. The number of halogens is 1. The molecule has 0 aliphatic carbocycles. The van der Waals surface area contributed by atoms with Gasteiger partial charge in [-0.25, -0.2) is 0 Å². The molecule has 20 heavy (non-hydrogen) atoms. The predicted molar refractivity (Wildman–Crippen MR) is 83.5 cm³/mol. The van der Waals surface area contributed by atoms with Crippen molar-refractivity contribution in [2.45, 2.75) is 19.8 Å². The third-order valence-electron chi connectivity index (χ3n) is 3.00. The minimum atomic E-state index is 0.503. The first kappa shape index (κ1) is 15.0. The standard InChI is InChI=1S/C16H18BrNO2/c1-19-16-6-5-12(9-18)7-14(16)11-20-10-13-3-2-4-15(17)8-13/h2-8H,9-11,18H2,1H3. The van der Waals surface area contributed by atoms with Crippen molar-refractivity contribution < 1.29 is 9.47 Å². The lowest BCUT2D eigenvalue weighted by atomic mass is 10.1. The van der Waals surface area contributed by atoms with Crippen LogP contribution in [0.3, 0.4) is 0 Å². The van der Waals surface area contributed by atoms with Crippen molar-refractivity contribution in [3.05, 3.63) is 63.6 Å². The van der Waals surface area contributed by atoms with Gasteiger partial charge in [-0.2, -0.15) is 0 Å². The number of nitrogens with two attached hydrogens (primary N) is 1. The summed E-state index contributed by atoms with van der Waals surface area (Å²) in [5.41, 5.74) is 8.89. The van der Waals surface area contributed by atoms with Gasteiger partial charge < -0.3 is 15.2 Å². The fourth-order valence-corrected chi connectivity index (χ4v) is 2.42. The van der Waals surface area contributed by atoms with Crippen LogP contribution < -0.4 is 10.5 Å². The van der Waals surface area contributed by atoms with E-state index in [1.807, 2.05) is 42.5 Å². The molecule has 3 nitrogen and oxygen atoms in total. The maximum absolute atomic E-state index is 5.76. The number of benzene rings is 2. The van der Waals surface area contributed by atoms with Crippen molar-refractivity contribution in [1.82, 2.24) is 0 Å². The first-order valence-electron chi connectivity index (χ1n) is 6.41. The normalized spacial score (nSPS) is 10.6. The molecule has 0 bridgehead atoms. The van der Waals surface area contributed by atoms with Crippen molar-refractivity contribution in [3.63, 3.8) is 0 Å². The Balaban J connectivity index is 1.99. The summed E-state index contributed by atoms with van der Waals surface area (Å²) in [5.74, 6) is 0.830. The number of hydrogen-bond donors (Lipinski definition) is 1. The fraction of sp³-hybridized carbons (Fsp3) is 0.250. The maximum atomic E-state index is 5.76. The van der Waals surface area contributed by atoms with E-state index in [1.165, 1.54) is 0 Å². The van der Waals surface area contributed by atoms with Crippen molar-refractivity contribution in [2.75, 3.05) is 7.11 Å². The largest absolute Gasteiger partial charge is 0.496 e. The highest BCUT2D eigenvalue weighted by Gasteiger charge is 2.04. The molecule has 0 atom stereocenters. The molecule has 0 aliphatic rings. The summed E-state index contributed by atoms with van der Waals surface area (Å²) in [6, 6.07) is 14.0. The van der Waals surface area contributed by atoms with Crippen LogP contribution in [0, 0.1) is 0 Å². The minimum absolute atomic E-state index is 0.503. The molecule has 0 aliphatic heterocycles. The van der Waals surface area contributed by atoms with Gasteiger partial charge in [0, 0.05) is 16.6 Å². The average Bonchev–Trinajstić information content (AvgIpc) is 2.47. The molecular weight excluding hydrogens is 318 g/mol. The lowest BCUT2D eigenvalue weighted by Gasteiger charge is -2.11. The SMILES string of the molecule is COc1ccc(CN)cc1COCc1cccc(Br)c1. The van der Waals surface area contributed by atoms with Crippen LogP contribution in [-0.4, -0.2) is 7.11 Å². The highest BCUT2D eigenvalue weighted by atomic mass is 79.9. The Morgan fingerprint density at radius 3 is 2.60 bits per heavy atom. The van der Waals surface area contributed by atoms with Crippen LogP contribution in [0.2, 0.25) is 0 Å². The lowest BCUT2D eigenvalue weighted by Crippen LogP contribution is -2.01. The maximum Gasteiger partial charge on any atom is 0.124 e. The zero-order chi connectivity index (χ0) is 14.4. The van der Waals surface area contributed by atoms with Crippen molar-refractivity contribution in [2.24, 2.45) is 5.73 Å². The Bertz CT molecular complexity index is 572. The Hall–Kier alpha value is -1.36. The van der Waals surface area contributed by atoms with Gasteiger partial charge in [0.1, 0.15) is 5.75 Å². The van der Waals surface area contributed by atoms with Crippen LogP contribution in [0.15, 0.2) is 46.9 Å². The monoisotopic (exact) mass is 335 g/mol. The van der Waals surface area contributed by atoms with Gasteiger partial charge in [-0.15, -0.1) is 0 Å². The van der Waals surface area contributed by atoms with Gasteiger partial charge in [-0.3, -0.25) is 0 Å². The zero-order valence-corrected chi connectivity index (χ0v) is 13.0. The second-order valence-corrected chi connectivity index (χ2v) is 5.39. The van der Waals surface area contributed by atoms with Gasteiger partial charge in [0.2, 0.25) is 0 Å². The molecule has 2 aromatic carbocycles. The summed E-state index contributed by atoms with van der Waals surface area (Å²) >= 11 is 3.45. The van der Waals surface area contributed by atoms with Gasteiger partial charge >= 0.3 is 0 Å². The molecule has 0 spiro atoms. The molecule has 106 valence electrons. The van der Waals surface area contributed by atoms with Crippen LogP contribution in [0.1, 0.15) is 16.7 Å². The van der Waals surface area contributed by atoms with Crippen LogP contribution in [0.5, 0.6) is 5.75 Å². The van der Waals surface area contributed by atoms with E-state index in [4.69, 9.17) is 15.2 Å². The molecule has 2 N–H and O–H groups in total. The first-order valence-corrected chi connectivity index (χ1v) is 7.20. The molecule has 0 fully saturated rings. The van der Waals surface area contributed by atoms with Crippen LogP contribution >= 0.6 is 15.9 Å². The lowest BCUT2D eigenvalue weighted by molar-refractivity contribution is 0.105. The third-order valence-corrected chi connectivity index (χ3v) is 3.49. The van der Waals surface area contributed by atoms with E-state index in [1.54, 1.807) is 7.11 Å². The summed E-state index contributed by atoms with van der Waals surface area (Å²) in [7, 11) is 1.66. The van der Waals surface area contributed by atoms with Crippen molar-refractivity contribution in [3.8, 4) is 5.75 Å². The van der Waals surface area contributed by atoms with Gasteiger partial charge in [0.05, 0.1) is 20.3 Å². The van der Waals surface area contributed by atoms with E-state index in [0.717, 1.165) is 26.9 Å². The fourth-order valence-electron chi connectivity index (χ4n) is 1.98. The Morgan fingerprint density at radius 2 is 1.90 bits per heavy atom. The van der Waals surface area contributed by atoms with E-state index in [0.29, 0.717) is 19.8 Å². The second kappa shape index (κ2) is 7.43. The van der Waals surface area contributed by atoms with Gasteiger partial charge in [-0.1, -0.05) is 34.1 Å². The van der Waals surface area contributed by atoms with Gasteiger partial charge in [-0.05, 0) is 35.4 Å². The van der Waals surface area contributed by atoms with E-state index < -0.39 is 0 Å². The molecule has 0 radical (unpaired) electrons. The smallest absolute Gasteiger partial charge is 0.124 e. The summed E-state index contributed by atoms with van der Waals surface area (Å²) in [4.78, 5) is 0. The number of rotatable bonds is 6. The van der Waals surface area contributed by atoms with Crippen LogP contribution in [0.25, 0.3) is 0 Å². The van der Waals surface area contributed by atoms with Gasteiger partial charge in [0.25, 0.3) is 0 Å². The van der Waals surface area contributed by atoms with E-state index in [-0.39, 0.29) is 0 Å². The molecule has 0 unspecified atom stereocenters. The highest BCUT2D eigenvalue weighted by molar-refractivity contribution is 9.10. The number of hydrogen-bond acceptors (Lipinski definition) is 3. The summed E-state index contributed by atoms with van der Waals surface area (Å²) in [6.45, 7) is 1.58. The van der Waals surface area contributed by atoms with E-state index in [9.17, 15) is 0 Å². The minimum Gasteiger partial charge on any atom is -0.496 e. The van der Waals surface area contributed by atoms with Crippen molar-refractivity contribution >= 4 is 15.9 Å². The van der Waals surface area contributed by atoms with Crippen molar-refractivity contribution in [1.29, 1.82) is 0 Å². The molecular formula is C16H18BrNO2. The number of ether oxygens (including phenoxy) is 2. The second-order valence-electron chi connectivity index (χ2n) is 4.47. The molecule has 0 aromatic heterocycles. The Labute approximate surface area is 127 Å². The van der Waals surface area contributed by atoms with Crippen LogP contribution in [0.4, 0.5) is 0 Å². The summed E-state index contributed by atoms with van der Waals surface area (Å²) in [5, 5.41) is 0. The predicted octanol–water partition coefficient (Wildman–Crippen LogP) is 3.63. The summed E-state index contributed by atoms with van der Waals surface area (Å²) in [6.07, 6.45) is 0.